The van der Waals surface area contributed by atoms with Crippen molar-refractivity contribution in [3.63, 3.8) is 0 Å². The zero-order valence-electron chi connectivity index (χ0n) is 17.8. The van der Waals surface area contributed by atoms with Gasteiger partial charge in [0.25, 0.3) is 11.5 Å². The number of nitrogens with one attached hydrogen (secondary N) is 3. The third-order valence-electron chi connectivity index (χ3n) is 4.97. The van der Waals surface area contributed by atoms with Gasteiger partial charge in [0.05, 0.1) is 30.4 Å². The summed E-state index contributed by atoms with van der Waals surface area (Å²) in [5.74, 6) is 0.103. The third-order valence-corrected chi connectivity index (χ3v) is 5.57. The van der Waals surface area contributed by atoms with Crippen molar-refractivity contribution in [2.24, 2.45) is 5.92 Å². The zero-order valence-corrected chi connectivity index (χ0v) is 18.6. The molecule has 1 fully saturated rings. The summed E-state index contributed by atoms with van der Waals surface area (Å²) in [6, 6.07) is 7.78. The number of ether oxygens (including phenoxy) is 2. The molecule has 0 aliphatic carbocycles. The molecule has 1 unspecified atom stereocenters. The van der Waals surface area contributed by atoms with Gasteiger partial charge in [-0.05, 0) is 36.2 Å². The number of aromatic amines is 1. The van der Waals surface area contributed by atoms with E-state index in [2.05, 4.69) is 25.0 Å². The Balaban J connectivity index is 1.42. The van der Waals surface area contributed by atoms with Crippen LogP contribution in [0.15, 0.2) is 41.3 Å². The molecule has 2 aromatic heterocycles. The molecule has 1 aliphatic rings. The van der Waals surface area contributed by atoms with Gasteiger partial charge in [0.15, 0.2) is 5.82 Å². The van der Waals surface area contributed by atoms with Gasteiger partial charge in [0.2, 0.25) is 15.9 Å². The second-order valence-electron chi connectivity index (χ2n) is 7.75. The molecule has 3 N–H and O–H groups in total. The molecular weight excluding hydrogens is 450 g/mol. The molecule has 3 heterocycles. The Bertz CT molecular complexity index is 1330. The Kier molecular flexibility index (Phi) is 6.56. The lowest BCUT2D eigenvalue weighted by molar-refractivity contribution is 0.0940. The largest absolute Gasteiger partial charge is 0.477 e. The lowest BCUT2D eigenvalue weighted by atomic mass is 10.1. The number of carbonyl (C=O) groups excluding carboxylic acids is 1. The van der Waals surface area contributed by atoms with E-state index in [1.165, 1.54) is 18.2 Å². The molecule has 3 aromatic rings. The molecule has 1 saturated heterocycles. The number of amides is 1. The van der Waals surface area contributed by atoms with Gasteiger partial charge in [-0.3, -0.25) is 14.3 Å². The van der Waals surface area contributed by atoms with Crippen LogP contribution in [0.2, 0.25) is 0 Å². The first-order chi connectivity index (χ1) is 15.8. The van der Waals surface area contributed by atoms with E-state index >= 15 is 0 Å². The Morgan fingerprint density at radius 2 is 2.15 bits per heavy atom. The maximum atomic E-state index is 12.6. The monoisotopic (exact) mass is 473 g/mol. The fraction of sp³-hybridized carbons (Fsp3) is 0.333. The molecule has 0 radical (unpaired) electrons. The summed E-state index contributed by atoms with van der Waals surface area (Å²) >= 11 is 0. The van der Waals surface area contributed by atoms with E-state index in [0.29, 0.717) is 25.0 Å². The number of sulfonamides is 1. The van der Waals surface area contributed by atoms with Crippen LogP contribution >= 0.6 is 0 Å². The quantitative estimate of drug-likeness (QED) is 0.439. The summed E-state index contributed by atoms with van der Waals surface area (Å²) in [5, 5.41) is 2.86. The maximum absolute atomic E-state index is 12.6. The second-order valence-corrected chi connectivity index (χ2v) is 9.49. The summed E-state index contributed by atoms with van der Waals surface area (Å²) < 4.78 is 36.1. The van der Waals surface area contributed by atoms with Gasteiger partial charge < -0.3 is 19.8 Å². The van der Waals surface area contributed by atoms with E-state index < -0.39 is 21.5 Å². The first-order valence-electron chi connectivity index (χ1n) is 10.2. The molecule has 11 nitrogen and oxygen atoms in total. The highest BCUT2D eigenvalue weighted by atomic mass is 32.2. The Morgan fingerprint density at radius 3 is 2.91 bits per heavy atom. The fourth-order valence-electron chi connectivity index (χ4n) is 3.35. The SMILES string of the molecule is CS(=O)(=O)Nc1ccc2nc(C(=O)NCc3ccnc(OCC4CCOC4)c3)[nH]c(=O)c2c1. The average molecular weight is 474 g/mol. The standard InChI is InChI=1S/C21H23N5O6S/c1-33(29,30)26-15-2-3-17-16(9-15)20(27)25-19(24-17)21(28)23-10-13-4-6-22-18(8-13)32-12-14-5-7-31-11-14/h2-4,6,8-9,14,26H,5,7,10-12H2,1H3,(H,23,28)(H,24,25,27). The van der Waals surface area contributed by atoms with Crippen LogP contribution < -0.4 is 20.3 Å². The van der Waals surface area contributed by atoms with Crippen molar-refractivity contribution < 1.29 is 22.7 Å². The smallest absolute Gasteiger partial charge is 0.287 e. The van der Waals surface area contributed by atoms with E-state index in [9.17, 15) is 18.0 Å². The van der Waals surface area contributed by atoms with Crippen LogP contribution in [0.3, 0.4) is 0 Å². The molecule has 174 valence electrons. The number of pyridine rings is 1. The van der Waals surface area contributed by atoms with E-state index in [1.807, 2.05) is 0 Å². The van der Waals surface area contributed by atoms with Crippen LogP contribution in [0, 0.1) is 5.92 Å². The number of hydrogen-bond acceptors (Lipinski definition) is 8. The molecule has 1 aliphatic heterocycles. The number of anilines is 1. The molecular formula is C21H23N5O6S. The minimum absolute atomic E-state index is 0.150. The molecule has 12 heteroatoms. The van der Waals surface area contributed by atoms with Crippen LogP contribution in [0.1, 0.15) is 22.6 Å². The molecule has 0 spiro atoms. The van der Waals surface area contributed by atoms with Crippen molar-refractivity contribution in [3.05, 3.63) is 58.3 Å². The summed E-state index contributed by atoms with van der Waals surface area (Å²) in [6.07, 6.45) is 3.57. The highest BCUT2D eigenvalue weighted by Gasteiger charge is 2.17. The normalized spacial score (nSPS) is 16.0. The minimum atomic E-state index is -3.49. The van der Waals surface area contributed by atoms with Crippen molar-refractivity contribution in [1.29, 1.82) is 0 Å². The maximum Gasteiger partial charge on any atom is 0.287 e. The number of H-pyrrole nitrogens is 1. The zero-order chi connectivity index (χ0) is 23.4. The topological polar surface area (TPSA) is 152 Å². The molecule has 0 saturated carbocycles. The number of nitrogens with zero attached hydrogens (tertiary/aromatic N) is 2. The summed E-state index contributed by atoms with van der Waals surface area (Å²) in [4.78, 5) is 35.8. The highest BCUT2D eigenvalue weighted by Crippen LogP contribution is 2.17. The van der Waals surface area contributed by atoms with Gasteiger partial charge >= 0.3 is 0 Å². The van der Waals surface area contributed by atoms with Crippen LogP contribution in [0.5, 0.6) is 5.88 Å². The van der Waals surface area contributed by atoms with Crippen LogP contribution in [0.4, 0.5) is 5.69 Å². The van der Waals surface area contributed by atoms with E-state index in [-0.39, 0.29) is 29.0 Å². The number of fused-ring (bicyclic) bond motifs is 1. The number of aromatic nitrogens is 3. The van der Waals surface area contributed by atoms with Crippen molar-refractivity contribution in [2.75, 3.05) is 30.8 Å². The molecule has 1 amide bonds. The van der Waals surface area contributed by atoms with E-state index in [1.54, 1.807) is 18.3 Å². The summed E-state index contributed by atoms with van der Waals surface area (Å²) in [5.41, 5.74) is 0.706. The molecule has 1 atom stereocenters. The molecule has 4 rings (SSSR count). The van der Waals surface area contributed by atoms with Crippen LogP contribution in [-0.4, -0.2) is 55.4 Å². The lowest BCUT2D eigenvalue weighted by Crippen LogP contribution is -2.27. The molecule has 0 bridgehead atoms. The minimum Gasteiger partial charge on any atom is -0.477 e. The Morgan fingerprint density at radius 1 is 1.30 bits per heavy atom. The first kappa shape index (κ1) is 22.7. The first-order valence-corrected chi connectivity index (χ1v) is 12.1. The second kappa shape index (κ2) is 9.55. The third kappa shape index (κ3) is 6.05. The average Bonchev–Trinajstić information content (AvgIpc) is 3.29. The van der Waals surface area contributed by atoms with Crippen molar-refractivity contribution >= 4 is 32.5 Å². The van der Waals surface area contributed by atoms with Gasteiger partial charge in [-0.25, -0.2) is 18.4 Å². The van der Waals surface area contributed by atoms with Gasteiger partial charge in [0.1, 0.15) is 0 Å². The van der Waals surface area contributed by atoms with E-state index in [0.717, 1.165) is 24.8 Å². The van der Waals surface area contributed by atoms with E-state index in [4.69, 9.17) is 9.47 Å². The van der Waals surface area contributed by atoms with Gasteiger partial charge in [-0.15, -0.1) is 0 Å². The molecule has 33 heavy (non-hydrogen) atoms. The van der Waals surface area contributed by atoms with Crippen LogP contribution in [0.25, 0.3) is 10.9 Å². The Labute approximate surface area is 189 Å². The number of benzene rings is 1. The van der Waals surface area contributed by atoms with Gasteiger partial charge in [0, 0.05) is 37.0 Å². The number of hydrogen-bond donors (Lipinski definition) is 3. The van der Waals surface area contributed by atoms with Gasteiger partial charge in [-0.1, -0.05) is 0 Å². The van der Waals surface area contributed by atoms with Crippen LogP contribution in [-0.2, 0) is 21.3 Å². The number of carbonyl (C=O) groups is 1. The highest BCUT2D eigenvalue weighted by molar-refractivity contribution is 7.92. The number of rotatable bonds is 8. The van der Waals surface area contributed by atoms with Crippen molar-refractivity contribution in [2.45, 2.75) is 13.0 Å². The Hall–Kier alpha value is -3.51. The van der Waals surface area contributed by atoms with Gasteiger partial charge in [-0.2, -0.15) is 0 Å². The fourth-order valence-corrected chi connectivity index (χ4v) is 3.90. The molecule has 1 aromatic carbocycles. The van der Waals surface area contributed by atoms with Crippen molar-refractivity contribution in [1.82, 2.24) is 20.3 Å². The summed E-state index contributed by atoms with van der Waals surface area (Å²) in [6.45, 7) is 2.13. The lowest BCUT2D eigenvalue weighted by Gasteiger charge is -2.11. The summed E-state index contributed by atoms with van der Waals surface area (Å²) in [7, 11) is -3.49. The predicted octanol–water partition coefficient (Wildman–Crippen LogP) is 1.03. The van der Waals surface area contributed by atoms with Crippen molar-refractivity contribution in [3.8, 4) is 5.88 Å². The predicted molar refractivity (Wildman–Crippen MR) is 121 cm³/mol.